The number of nitrogens with two attached hydrogens (primary N) is 2. The predicted octanol–water partition coefficient (Wildman–Crippen LogP) is 0.916. The topological polar surface area (TPSA) is 101 Å². The lowest BCUT2D eigenvalue weighted by atomic mass is 9.93. The van der Waals surface area contributed by atoms with Crippen LogP contribution in [0.5, 0.6) is 0 Å². The standard InChI is InChI=1S/C13H24N4O2S/c1-13(2,9-17(3)4)8-16-10-5-6-12(11(14)7-10)20(15,18)19/h5-7,16H,8-9,14H2,1-4H3,(H2,15,18,19). The molecule has 6 nitrogen and oxygen atoms in total. The first-order valence-electron chi connectivity index (χ1n) is 6.32. The molecule has 0 bridgehead atoms. The van der Waals surface area contributed by atoms with Gasteiger partial charge in [0.1, 0.15) is 4.90 Å². The van der Waals surface area contributed by atoms with Crippen LogP contribution in [0.4, 0.5) is 11.4 Å². The minimum atomic E-state index is -3.77. The summed E-state index contributed by atoms with van der Waals surface area (Å²) in [5, 5.41) is 8.34. The summed E-state index contributed by atoms with van der Waals surface area (Å²) in [7, 11) is 0.288. The second-order valence-electron chi connectivity index (χ2n) is 6.05. The molecule has 0 saturated carbocycles. The van der Waals surface area contributed by atoms with Crippen molar-refractivity contribution in [3.8, 4) is 0 Å². The van der Waals surface area contributed by atoms with Crippen LogP contribution in [-0.2, 0) is 10.0 Å². The molecule has 0 aromatic heterocycles. The van der Waals surface area contributed by atoms with Crippen molar-refractivity contribution < 1.29 is 8.42 Å². The van der Waals surface area contributed by atoms with Gasteiger partial charge in [-0.25, -0.2) is 13.6 Å². The Morgan fingerprint density at radius 3 is 2.35 bits per heavy atom. The summed E-state index contributed by atoms with van der Waals surface area (Å²) in [6.45, 7) is 5.99. The zero-order chi connectivity index (χ0) is 15.6. The summed E-state index contributed by atoms with van der Waals surface area (Å²) < 4.78 is 22.6. The Kier molecular flexibility index (Phi) is 5.01. The molecule has 5 N–H and O–H groups in total. The summed E-state index contributed by atoms with van der Waals surface area (Å²) in [5.41, 5.74) is 6.74. The zero-order valence-corrected chi connectivity index (χ0v) is 13.3. The van der Waals surface area contributed by atoms with Crippen LogP contribution in [0.1, 0.15) is 13.8 Å². The summed E-state index contributed by atoms with van der Waals surface area (Å²) in [4.78, 5) is 2.08. The summed E-state index contributed by atoms with van der Waals surface area (Å²) in [5.74, 6) is 0. The molecule has 0 atom stereocenters. The lowest BCUT2D eigenvalue weighted by Gasteiger charge is -2.29. The molecule has 1 rings (SSSR count). The van der Waals surface area contributed by atoms with E-state index in [9.17, 15) is 8.42 Å². The first-order chi connectivity index (χ1) is 9.01. The molecule has 0 spiro atoms. The molecule has 0 aliphatic carbocycles. The van der Waals surface area contributed by atoms with Gasteiger partial charge in [-0.2, -0.15) is 0 Å². The van der Waals surface area contributed by atoms with E-state index < -0.39 is 10.0 Å². The average Bonchev–Trinajstić information content (AvgIpc) is 2.23. The van der Waals surface area contributed by atoms with Crippen LogP contribution in [0, 0.1) is 5.41 Å². The monoisotopic (exact) mass is 300 g/mol. The van der Waals surface area contributed by atoms with Gasteiger partial charge in [-0.3, -0.25) is 0 Å². The third kappa shape index (κ3) is 4.99. The molecular weight excluding hydrogens is 276 g/mol. The van der Waals surface area contributed by atoms with E-state index in [1.54, 1.807) is 12.1 Å². The molecule has 1 aromatic rings. The smallest absolute Gasteiger partial charge is 0.240 e. The lowest BCUT2D eigenvalue weighted by molar-refractivity contribution is 0.254. The van der Waals surface area contributed by atoms with Gasteiger partial charge in [0.15, 0.2) is 0 Å². The van der Waals surface area contributed by atoms with E-state index in [1.165, 1.54) is 6.07 Å². The number of sulfonamides is 1. The maximum atomic E-state index is 11.3. The lowest BCUT2D eigenvalue weighted by Crippen LogP contribution is -2.34. The summed E-state index contributed by atoms with van der Waals surface area (Å²) >= 11 is 0. The van der Waals surface area contributed by atoms with Gasteiger partial charge in [0.25, 0.3) is 0 Å². The molecule has 20 heavy (non-hydrogen) atoms. The Bertz CT molecular complexity index is 568. The second kappa shape index (κ2) is 5.99. The van der Waals surface area contributed by atoms with Crippen molar-refractivity contribution in [2.75, 3.05) is 38.2 Å². The van der Waals surface area contributed by atoms with E-state index >= 15 is 0 Å². The largest absolute Gasteiger partial charge is 0.398 e. The van der Waals surface area contributed by atoms with Crippen molar-refractivity contribution in [1.29, 1.82) is 0 Å². The van der Waals surface area contributed by atoms with Crippen LogP contribution < -0.4 is 16.2 Å². The third-order valence-electron chi connectivity index (χ3n) is 2.83. The van der Waals surface area contributed by atoms with Crippen molar-refractivity contribution in [3.05, 3.63) is 18.2 Å². The Morgan fingerprint density at radius 1 is 1.30 bits per heavy atom. The number of nitrogens with one attached hydrogen (secondary N) is 1. The summed E-state index contributed by atoms with van der Waals surface area (Å²) in [6.07, 6.45) is 0. The van der Waals surface area contributed by atoms with Crippen LogP contribution in [-0.4, -0.2) is 40.5 Å². The Morgan fingerprint density at radius 2 is 1.90 bits per heavy atom. The van der Waals surface area contributed by atoms with Crippen molar-refractivity contribution in [2.24, 2.45) is 10.6 Å². The molecule has 7 heteroatoms. The van der Waals surface area contributed by atoms with E-state index in [4.69, 9.17) is 10.9 Å². The highest BCUT2D eigenvalue weighted by Crippen LogP contribution is 2.23. The minimum absolute atomic E-state index is 0.0457. The molecule has 0 aliphatic rings. The molecular formula is C13H24N4O2S. The highest BCUT2D eigenvalue weighted by Gasteiger charge is 2.19. The van der Waals surface area contributed by atoms with Gasteiger partial charge in [-0.1, -0.05) is 13.8 Å². The van der Waals surface area contributed by atoms with Gasteiger partial charge in [-0.05, 0) is 37.7 Å². The van der Waals surface area contributed by atoms with E-state index in [0.29, 0.717) is 0 Å². The fraction of sp³-hybridized carbons (Fsp3) is 0.538. The van der Waals surface area contributed by atoms with Gasteiger partial charge >= 0.3 is 0 Å². The number of hydrogen-bond donors (Lipinski definition) is 3. The Hall–Kier alpha value is -1.31. The zero-order valence-electron chi connectivity index (χ0n) is 12.5. The molecule has 1 aromatic carbocycles. The van der Waals surface area contributed by atoms with Gasteiger partial charge in [-0.15, -0.1) is 0 Å². The van der Waals surface area contributed by atoms with Gasteiger partial charge in [0, 0.05) is 18.8 Å². The minimum Gasteiger partial charge on any atom is -0.398 e. The van der Waals surface area contributed by atoms with E-state index in [-0.39, 0.29) is 16.0 Å². The number of benzene rings is 1. The number of anilines is 2. The highest BCUT2D eigenvalue weighted by atomic mass is 32.2. The van der Waals surface area contributed by atoms with Gasteiger partial charge in [0.05, 0.1) is 5.69 Å². The molecule has 0 fully saturated rings. The summed E-state index contributed by atoms with van der Waals surface area (Å²) in [6, 6.07) is 4.68. The SMILES string of the molecule is CN(C)CC(C)(C)CNc1ccc(S(N)(=O)=O)c(N)c1. The maximum absolute atomic E-state index is 11.3. The van der Waals surface area contributed by atoms with Gasteiger partial charge < -0.3 is 16.0 Å². The number of hydrogen-bond acceptors (Lipinski definition) is 5. The fourth-order valence-electron chi connectivity index (χ4n) is 2.17. The molecule has 0 unspecified atom stereocenters. The van der Waals surface area contributed by atoms with Gasteiger partial charge in [0.2, 0.25) is 10.0 Å². The Labute approximate surface area is 121 Å². The van der Waals surface area contributed by atoms with Crippen molar-refractivity contribution in [1.82, 2.24) is 4.90 Å². The highest BCUT2D eigenvalue weighted by molar-refractivity contribution is 7.89. The van der Waals surface area contributed by atoms with E-state index in [0.717, 1.165) is 18.8 Å². The van der Waals surface area contributed by atoms with Crippen molar-refractivity contribution in [3.63, 3.8) is 0 Å². The molecule has 0 radical (unpaired) electrons. The Balaban J connectivity index is 2.79. The van der Waals surface area contributed by atoms with E-state index in [1.807, 2.05) is 14.1 Å². The predicted molar refractivity (Wildman–Crippen MR) is 83.1 cm³/mol. The van der Waals surface area contributed by atoms with Crippen molar-refractivity contribution >= 4 is 21.4 Å². The third-order valence-corrected chi connectivity index (χ3v) is 3.82. The van der Waals surface area contributed by atoms with Crippen LogP contribution in [0.2, 0.25) is 0 Å². The number of rotatable bonds is 6. The van der Waals surface area contributed by atoms with Crippen LogP contribution in [0.15, 0.2) is 23.1 Å². The quantitative estimate of drug-likeness (QED) is 0.678. The molecule has 114 valence electrons. The first-order valence-corrected chi connectivity index (χ1v) is 7.87. The number of primary sulfonamides is 1. The average molecular weight is 300 g/mol. The number of nitrogens with zero attached hydrogens (tertiary/aromatic N) is 1. The van der Waals surface area contributed by atoms with Crippen molar-refractivity contribution in [2.45, 2.75) is 18.7 Å². The maximum Gasteiger partial charge on any atom is 0.240 e. The molecule has 0 aliphatic heterocycles. The molecule has 0 heterocycles. The molecule has 0 amide bonds. The van der Waals surface area contributed by atoms with Crippen LogP contribution in [0.25, 0.3) is 0 Å². The van der Waals surface area contributed by atoms with Crippen LogP contribution >= 0.6 is 0 Å². The normalized spacial score (nSPS) is 12.7. The second-order valence-corrected chi connectivity index (χ2v) is 7.58. The molecule has 0 saturated heterocycles. The van der Waals surface area contributed by atoms with E-state index in [2.05, 4.69) is 24.1 Å². The van der Waals surface area contributed by atoms with Crippen LogP contribution in [0.3, 0.4) is 0 Å². The number of nitrogen functional groups attached to an aromatic ring is 1. The first kappa shape index (κ1) is 16.7. The fourth-order valence-corrected chi connectivity index (χ4v) is 2.82.